The summed E-state index contributed by atoms with van der Waals surface area (Å²) in [4.78, 5) is 36.1. The molecule has 2 amide bonds. The summed E-state index contributed by atoms with van der Waals surface area (Å²) in [6.07, 6.45) is 0. The number of benzene rings is 2. The molecule has 0 aromatic heterocycles. The average Bonchev–Trinajstić information content (AvgIpc) is 2.65. The Morgan fingerprint density at radius 2 is 2.08 bits per heavy atom. The summed E-state index contributed by atoms with van der Waals surface area (Å²) in [7, 11) is 1.39. The molecule has 0 bridgehead atoms. The maximum atomic E-state index is 12.5. The molecule has 2 aromatic rings. The van der Waals surface area contributed by atoms with E-state index in [1.807, 2.05) is 0 Å². The van der Waals surface area contributed by atoms with Crippen LogP contribution in [0.3, 0.4) is 0 Å². The number of anilines is 2. The number of rotatable bonds is 5. The minimum Gasteiger partial charge on any atom is -0.496 e. The molecule has 0 atom stereocenters. The first-order valence-electron chi connectivity index (χ1n) is 7.64. The minimum absolute atomic E-state index is 0.0566. The summed E-state index contributed by atoms with van der Waals surface area (Å²) in [5, 5.41) is 13.8. The lowest BCUT2D eigenvalue weighted by Crippen LogP contribution is -2.44. The first kappa shape index (κ1) is 17.2. The molecule has 26 heavy (non-hydrogen) atoms. The molecule has 0 fully saturated rings. The molecule has 0 unspecified atom stereocenters. The lowest BCUT2D eigenvalue weighted by atomic mass is 10.2. The van der Waals surface area contributed by atoms with Gasteiger partial charge in [-0.15, -0.1) is 0 Å². The Kier molecular flexibility index (Phi) is 4.70. The molecule has 1 heterocycles. The molecule has 1 N–H and O–H groups in total. The van der Waals surface area contributed by atoms with Crippen molar-refractivity contribution in [2.45, 2.75) is 0 Å². The van der Waals surface area contributed by atoms with E-state index >= 15 is 0 Å². The van der Waals surface area contributed by atoms with E-state index in [9.17, 15) is 19.7 Å². The van der Waals surface area contributed by atoms with Gasteiger partial charge >= 0.3 is 5.69 Å². The Bertz CT molecular complexity index is 883. The molecule has 134 valence electrons. The second-order valence-corrected chi connectivity index (χ2v) is 5.42. The van der Waals surface area contributed by atoms with Gasteiger partial charge in [0.1, 0.15) is 12.3 Å². The summed E-state index contributed by atoms with van der Waals surface area (Å²) in [5.74, 6) is -0.569. The molecule has 1 aliphatic heterocycles. The Morgan fingerprint density at radius 1 is 1.31 bits per heavy atom. The van der Waals surface area contributed by atoms with Gasteiger partial charge in [-0.1, -0.05) is 12.1 Å². The van der Waals surface area contributed by atoms with Crippen LogP contribution in [0.2, 0.25) is 0 Å². The molecular formula is C17H15N3O6. The quantitative estimate of drug-likeness (QED) is 0.647. The first-order chi connectivity index (χ1) is 12.5. The van der Waals surface area contributed by atoms with Gasteiger partial charge < -0.3 is 14.8 Å². The van der Waals surface area contributed by atoms with Crippen molar-refractivity contribution in [2.24, 2.45) is 0 Å². The van der Waals surface area contributed by atoms with Gasteiger partial charge in [-0.3, -0.25) is 24.6 Å². The van der Waals surface area contributed by atoms with E-state index < -0.39 is 17.4 Å². The second-order valence-electron chi connectivity index (χ2n) is 5.42. The predicted molar refractivity (Wildman–Crippen MR) is 92.6 cm³/mol. The molecular weight excluding hydrogens is 342 g/mol. The van der Waals surface area contributed by atoms with Crippen LogP contribution in [0, 0.1) is 10.1 Å². The van der Waals surface area contributed by atoms with Gasteiger partial charge in [-0.25, -0.2) is 0 Å². The van der Waals surface area contributed by atoms with Crippen LogP contribution in [0.5, 0.6) is 11.5 Å². The molecule has 9 heteroatoms. The number of nitrogens with one attached hydrogen (secondary N) is 1. The highest BCUT2D eigenvalue weighted by Crippen LogP contribution is 2.32. The van der Waals surface area contributed by atoms with Crippen LogP contribution in [-0.2, 0) is 9.59 Å². The number of amides is 2. The monoisotopic (exact) mass is 357 g/mol. The normalized spacial score (nSPS) is 12.8. The number of methoxy groups -OCH3 is 1. The lowest BCUT2D eigenvalue weighted by molar-refractivity contribution is -0.385. The Hall–Kier alpha value is -3.62. The van der Waals surface area contributed by atoms with Gasteiger partial charge in [-0.05, 0) is 24.3 Å². The number of hydrogen-bond donors (Lipinski definition) is 1. The predicted octanol–water partition coefficient (Wildman–Crippen LogP) is 1.97. The van der Waals surface area contributed by atoms with Gasteiger partial charge in [0.05, 0.1) is 29.5 Å². The van der Waals surface area contributed by atoms with Crippen molar-refractivity contribution in [2.75, 3.05) is 30.5 Å². The topological polar surface area (TPSA) is 111 Å². The van der Waals surface area contributed by atoms with E-state index in [0.29, 0.717) is 17.1 Å². The number of carbonyl (C=O) groups is 2. The van der Waals surface area contributed by atoms with Crippen molar-refractivity contribution in [3.05, 3.63) is 52.6 Å². The Morgan fingerprint density at radius 3 is 2.81 bits per heavy atom. The number of ether oxygens (including phenoxy) is 2. The largest absolute Gasteiger partial charge is 0.496 e. The highest BCUT2D eigenvalue weighted by atomic mass is 16.6. The summed E-state index contributed by atoms with van der Waals surface area (Å²) >= 11 is 0. The van der Waals surface area contributed by atoms with Crippen LogP contribution in [0.15, 0.2) is 42.5 Å². The number of carbonyl (C=O) groups excluding carboxylic acids is 2. The first-order valence-corrected chi connectivity index (χ1v) is 7.64. The molecule has 9 nitrogen and oxygen atoms in total. The highest BCUT2D eigenvalue weighted by Gasteiger charge is 2.27. The van der Waals surface area contributed by atoms with Crippen LogP contribution >= 0.6 is 0 Å². The van der Waals surface area contributed by atoms with Gasteiger partial charge in [0, 0.05) is 0 Å². The SMILES string of the molecule is COc1ccc(OCC(=O)N2CC(=O)Nc3ccccc32)c([N+](=O)[O-])c1. The summed E-state index contributed by atoms with van der Waals surface area (Å²) in [5.41, 5.74) is 0.756. The van der Waals surface area contributed by atoms with Gasteiger partial charge in [-0.2, -0.15) is 0 Å². The van der Waals surface area contributed by atoms with Crippen LogP contribution < -0.4 is 19.7 Å². The third-order valence-corrected chi connectivity index (χ3v) is 3.79. The number of fused-ring (bicyclic) bond motifs is 1. The highest BCUT2D eigenvalue weighted by molar-refractivity contribution is 6.10. The van der Waals surface area contributed by atoms with Crippen LogP contribution in [0.25, 0.3) is 0 Å². The molecule has 3 rings (SSSR count). The van der Waals surface area contributed by atoms with E-state index in [1.54, 1.807) is 24.3 Å². The Balaban J connectivity index is 1.78. The van der Waals surface area contributed by atoms with Crippen LogP contribution in [-0.4, -0.2) is 37.0 Å². The maximum absolute atomic E-state index is 12.5. The van der Waals surface area contributed by atoms with Crippen molar-refractivity contribution in [1.29, 1.82) is 0 Å². The third-order valence-electron chi connectivity index (χ3n) is 3.79. The molecule has 0 aliphatic carbocycles. The molecule has 0 saturated heterocycles. The van der Waals surface area contributed by atoms with E-state index in [2.05, 4.69) is 5.32 Å². The van der Waals surface area contributed by atoms with Gasteiger partial charge in [0.25, 0.3) is 5.91 Å². The fraction of sp³-hybridized carbons (Fsp3) is 0.176. The van der Waals surface area contributed by atoms with Crippen molar-refractivity contribution in [1.82, 2.24) is 0 Å². The summed E-state index contributed by atoms with van der Waals surface area (Å²) in [6.45, 7) is -0.599. The van der Waals surface area contributed by atoms with Crippen molar-refractivity contribution in [3.8, 4) is 11.5 Å². The maximum Gasteiger partial charge on any atom is 0.314 e. The second kappa shape index (κ2) is 7.09. The fourth-order valence-electron chi connectivity index (χ4n) is 2.56. The number of para-hydroxylation sites is 2. The zero-order valence-electron chi connectivity index (χ0n) is 13.8. The molecule has 0 saturated carbocycles. The van der Waals surface area contributed by atoms with Crippen LogP contribution in [0.1, 0.15) is 0 Å². The Labute approximate surface area is 148 Å². The third kappa shape index (κ3) is 3.41. The molecule has 0 radical (unpaired) electrons. The number of nitro groups is 1. The zero-order chi connectivity index (χ0) is 18.7. The summed E-state index contributed by atoms with van der Waals surface area (Å²) in [6, 6.07) is 10.9. The van der Waals surface area contributed by atoms with E-state index in [-0.39, 0.29) is 23.9 Å². The van der Waals surface area contributed by atoms with Gasteiger partial charge in [0.15, 0.2) is 12.4 Å². The molecule has 1 aliphatic rings. The van der Waals surface area contributed by atoms with Crippen molar-refractivity contribution in [3.63, 3.8) is 0 Å². The van der Waals surface area contributed by atoms with Crippen molar-refractivity contribution >= 4 is 28.9 Å². The minimum atomic E-state index is -0.619. The standard InChI is InChI=1S/C17H15N3O6/c1-25-11-6-7-15(14(8-11)20(23)24)26-10-17(22)19-9-16(21)18-12-4-2-3-5-13(12)19/h2-8H,9-10H2,1H3,(H,18,21). The average molecular weight is 357 g/mol. The smallest absolute Gasteiger partial charge is 0.314 e. The van der Waals surface area contributed by atoms with E-state index in [0.717, 1.165) is 0 Å². The zero-order valence-corrected chi connectivity index (χ0v) is 13.8. The molecule has 0 spiro atoms. The van der Waals surface area contributed by atoms with Crippen molar-refractivity contribution < 1.29 is 24.0 Å². The van der Waals surface area contributed by atoms with E-state index in [4.69, 9.17) is 9.47 Å². The fourth-order valence-corrected chi connectivity index (χ4v) is 2.56. The van der Waals surface area contributed by atoms with E-state index in [1.165, 1.54) is 30.2 Å². The lowest BCUT2D eigenvalue weighted by Gasteiger charge is -2.29. The number of hydrogen-bond acceptors (Lipinski definition) is 6. The summed E-state index contributed by atoms with van der Waals surface area (Å²) < 4.78 is 10.3. The number of nitrogens with zero attached hydrogens (tertiary/aromatic N) is 2. The van der Waals surface area contributed by atoms with Gasteiger partial charge in [0.2, 0.25) is 5.91 Å². The molecule has 2 aromatic carbocycles. The number of nitro benzene ring substituents is 1. The van der Waals surface area contributed by atoms with Crippen LogP contribution in [0.4, 0.5) is 17.1 Å².